The van der Waals surface area contributed by atoms with E-state index in [1.807, 2.05) is 50.2 Å². The first-order chi connectivity index (χ1) is 12.4. The van der Waals surface area contributed by atoms with E-state index in [1.54, 1.807) is 0 Å². The van der Waals surface area contributed by atoms with E-state index in [0.717, 1.165) is 22.3 Å². The molecule has 0 aliphatic rings. The molecule has 3 aromatic rings. The van der Waals surface area contributed by atoms with Crippen LogP contribution in [-0.4, -0.2) is 0 Å². The van der Waals surface area contributed by atoms with Crippen LogP contribution in [0, 0.1) is 13.8 Å². The topological polar surface area (TPSA) is 30.2 Å². The van der Waals surface area contributed by atoms with Crippen LogP contribution in [0.1, 0.15) is 63.1 Å². The molecule has 0 saturated carbocycles. The summed E-state index contributed by atoms with van der Waals surface area (Å²) in [6, 6.07) is 13.9. The Balaban J connectivity index is 0.000000552. The third kappa shape index (κ3) is 4.24. The van der Waals surface area contributed by atoms with Gasteiger partial charge in [-0.1, -0.05) is 76.9 Å². The van der Waals surface area contributed by atoms with Gasteiger partial charge in [-0.05, 0) is 37.0 Å². The summed E-state index contributed by atoms with van der Waals surface area (Å²) >= 11 is 0. The second-order valence-electron chi connectivity index (χ2n) is 7.14. The predicted molar refractivity (Wildman–Crippen MR) is 112 cm³/mol. The Morgan fingerprint density at radius 3 is 2.12 bits per heavy atom. The van der Waals surface area contributed by atoms with E-state index in [4.69, 9.17) is 4.42 Å². The van der Waals surface area contributed by atoms with Crippen molar-refractivity contribution in [2.75, 3.05) is 0 Å². The number of fused-ring (bicyclic) bond motifs is 1. The quantitative estimate of drug-likeness (QED) is 0.508. The van der Waals surface area contributed by atoms with Gasteiger partial charge in [-0.3, -0.25) is 4.79 Å². The number of rotatable bonds is 3. The molecule has 0 aliphatic carbocycles. The minimum absolute atomic E-state index is 0.0608. The lowest BCUT2D eigenvalue weighted by Crippen LogP contribution is -2.09. The first-order valence-electron chi connectivity index (χ1n) is 9.54. The van der Waals surface area contributed by atoms with Crippen molar-refractivity contribution in [3.8, 4) is 11.3 Å². The van der Waals surface area contributed by atoms with Gasteiger partial charge < -0.3 is 4.42 Å². The van der Waals surface area contributed by atoms with E-state index < -0.39 is 0 Å². The van der Waals surface area contributed by atoms with Gasteiger partial charge in [0, 0.05) is 11.1 Å². The fraction of sp³-hybridized carbons (Fsp3) is 0.375. The van der Waals surface area contributed by atoms with Crippen LogP contribution >= 0.6 is 0 Å². The van der Waals surface area contributed by atoms with Gasteiger partial charge in [0.05, 0.1) is 5.39 Å². The van der Waals surface area contributed by atoms with Crippen molar-refractivity contribution < 1.29 is 4.42 Å². The summed E-state index contributed by atoms with van der Waals surface area (Å²) < 4.78 is 6.21. The van der Waals surface area contributed by atoms with Crippen LogP contribution < -0.4 is 5.43 Å². The molecule has 0 aliphatic heterocycles. The smallest absolute Gasteiger partial charge is 0.196 e. The van der Waals surface area contributed by atoms with Crippen LogP contribution in [0.2, 0.25) is 0 Å². The van der Waals surface area contributed by atoms with Crippen LogP contribution in [0.15, 0.2) is 51.7 Å². The molecule has 2 heteroatoms. The lowest BCUT2D eigenvalue weighted by molar-refractivity contribution is 0.605. The van der Waals surface area contributed by atoms with Crippen LogP contribution in [0.5, 0.6) is 0 Å². The summed E-state index contributed by atoms with van der Waals surface area (Å²) in [6.07, 6.45) is 2.64. The molecule has 0 spiro atoms. The van der Waals surface area contributed by atoms with E-state index >= 15 is 0 Å². The molecule has 0 saturated heterocycles. The lowest BCUT2D eigenvalue weighted by Gasteiger charge is -2.13. The van der Waals surface area contributed by atoms with E-state index in [-0.39, 0.29) is 5.43 Å². The monoisotopic (exact) mass is 350 g/mol. The van der Waals surface area contributed by atoms with Crippen molar-refractivity contribution >= 4 is 11.0 Å². The van der Waals surface area contributed by atoms with Crippen molar-refractivity contribution in [2.24, 2.45) is 0 Å². The zero-order valence-electron chi connectivity index (χ0n) is 16.8. The largest absolute Gasteiger partial charge is 0.455 e. The Kier molecular flexibility index (Phi) is 6.79. The fourth-order valence-electron chi connectivity index (χ4n) is 2.86. The van der Waals surface area contributed by atoms with Crippen LogP contribution in [0.25, 0.3) is 22.3 Å². The van der Waals surface area contributed by atoms with Crippen molar-refractivity contribution in [2.45, 2.75) is 60.3 Å². The molecule has 3 rings (SSSR count). The predicted octanol–water partition coefficient (Wildman–Crippen LogP) is 7.01. The Morgan fingerprint density at radius 2 is 1.58 bits per heavy atom. The fourth-order valence-corrected chi connectivity index (χ4v) is 2.86. The molecule has 26 heavy (non-hydrogen) atoms. The van der Waals surface area contributed by atoms with E-state index in [2.05, 4.69) is 33.8 Å². The molecular weight excluding hydrogens is 320 g/mol. The minimum Gasteiger partial charge on any atom is -0.455 e. The highest BCUT2D eigenvalue weighted by molar-refractivity contribution is 5.84. The number of benzene rings is 2. The first kappa shape index (κ1) is 20.0. The Hall–Kier alpha value is -2.35. The zero-order valence-corrected chi connectivity index (χ0v) is 16.8. The summed E-state index contributed by atoms with van der Waals surface area (Å²) in [7, 11) is 0. The van der Waals surface area contributed by atoms with Gasteiger partial charge in [0.25, 0.3) is 0 Å². The van der Waals surface area contributed by atoms with E-state index in [0.29, 0.717) is 22.6 Å². The van der Waals surface area contributed by atoms with Gasteiger partial charge in [0.15, 0.2) is 5.43 Å². The van der Waals surface area contributed by atoms with E-state index in [9.17, 15) is 4.79 Å². The van der Waals surface area contributed by atoms with Gasteiger partial charge >= 0.3 is 0 Å². The molecule has 0 amide bonds. The molecule has 0 unspecified atom stereocenters. The Labute approximate surface area is 156 Å². The number of hydrogen-bond acceptors (Lipinski definition) is 2. The molecule has 0 N–H and O–H groups in total. The van der Waals surface area contributed by atoms with Gasteiger partial charge in [0.2, 0.25) is 0 Å². The molecule has 0 atom stereocenters. The first-order valence-corrected chi connectivity index (χ1v) is 9.54. The number of aryl methyl sites for hydroxylation is 1. The highest BCUT2D eigenvalue weighted by atomic mass is 16.3. The highest BCUT2D eigenvalue weighted by Crippen LogP contribution is 2.31. The van der Waals surface area contributed by atoms with E-state index in [1.165, 1.54) is 12.8 Å². The second kappa shape index (κ2) is 8.84. The summed E-state index contributed by atoms with van der Waals surface area (Å²) in [6.45, 7) is 12.5. The molecule has 0 fully saturated rings. The Bertz CT molecular complexity index is 916. The van der Waals surface area contributed by atoms with Gasteiger partial charge in [-0.25, -0.2) is 0 Å². The SMILES string of the molecule is CCCC.Cc1cc(C(C)C)c2oc(-c3ccccc3)c(C)c(=O)c2c1. The van der Waals surface area contributed by atoms with Gasteiger partial charge in [-0.15, -0.1) is 0 Å². The summed E-state index contributed by atoms with van der Waals surface area (Å²) in [4.78, 5) is 12.8. The summed E-state index contributed by atoms with van der Waals surface area (Å²) in [5, 5.41) is 0.681. The van der Waals surface area contributed by atoms with Crippen molar-refractivity contribution in [3.63, 3.8) is 0 Å². The molecular formula is C24H30O2. The summed E-state index contributed by atoms with van der Waals surface area (Å²) in [5.74, 6) is 0.973. The lowest BCUT2D eigenvalue weighted by atomic mass is 9.96. The standard InChI is InChI=1S/C20H20O2.C4H10/c1-12(2)16-10-13(3)11-17-18(21)14(4)19(22-20(16)17)15-8-6-5-7-9-15;1-3-4-2/h5-12H,1-4H3;3-4H2,1-2H3. The van der Waals surface area contributed by atoms with Crippen molar-refractivity contribution in [1.29, 1.82) is 0 Å². The van der Waals surface area contributed by atoms with Crippen molar-refractivity contribution in [3.05, 3.63) is 69.4 Å². The van der Waals surface area contributed by atoms with Gasteiger partial charge in [0.1, 0.15) is 11.3 Å². The molecule has 2 aromatic carbocycles. The normalized spacial score (nSPS) is 10.7. The minimum atomic E-state index is 0.0608. The highest BCUT2D eigenvalue weighted by Gasteiger charge is 2.16. The molecule has 1 heterocycles. The maximum Gasteiger partial charge on any atom is 0.196 e. The molecule has 138 valence electrons. The molecule has 1 aromatic heterocycles. The molecule has 2 nitrogen and oxygen atoms in total. The molecule has 0 radical (unpaired) electrons. The van der Waals surface area contributed by atoms with Crippen LogP contribution in [-0.2, 0) is 0 Å². The number of unbranched alkanes of at least 4 members (excludes halogenated alkanes) is 1. The van der Waals surface area contributed by atoms with Gasteiger partial charge in [-0.2, -0.15) is 0 Å². The zero-order chi connectivity index (χ0) is 19.3. The Morgan fingerprint density at radius 1 is 0.962 bits per heavy atom. The third-order valence-electron chi connectivity index (χ3n) is 4.55. The van der Waals surface area contributed by atoms with Crippen LogP contribution in [0.4, 0.5) is 0 Å². The average molecular weight is 351 g/mol. The third-order valence-corrected chi connectivity index (χ3v) is 4.55. The van der Waals surface area contributed by atoms with Crippen LogP contribution in [0.3, 0.4) is 0 Å². The van der Waals surface area contributed by atoms with Crippen molar-refractivity contribution in [1.82, 2.24) is 0 Å². The average Bonchev–Trinajstić information content (AvgIpc) is 2.65. The summed E-state index contributed by atoms with van der Waals surface area (Å²) in [5.41, 5.74) is 4.56. The number of hydrogen-bond donors (Lipinski definition) is 0. The molecule has 0 bridgehead atoms. The second-order valence-corrected chi connectivity index (χ2v) is 7.14. The maximum atomic E-state index is 12.8. The maximum absolute atomic E-state index is 12.8.